The lowest BCUT2D eigenvalue weighted by Gasteiger charge is -2.04. The fourth-order valence-corrected chi connectivity index (χ4v) is 0.759. The van der Waals surface area contributed by atoms with Crippen molar-refractivity contribution < 1.29 is 28.4 Å². The first-order chi connectivity index (χ1) is 5.95. The zero-order valence-corrected chi connectivity index (χ0v) is 7.77. The maximum absolute atomic E-state index is 10.5. The van der Waals surface area contributed by atoms with Crippen LogP contribution in [0.1, 0.15) is 0 Å². The molecule has 0 radical (unpaired) electrons. The van der Waals surface area contributed by atoms with Gasteiger partial charge in [0.15, 0.2) is 5.78 Å². The fraction of sp³-hybridized carbons (Fsp3) is 0.500. The van der Waals surface area contributed by atoms with Crippen molar-refractivity contribution in [2.75, 3.05) is 19.8 Å². The van der Waals surface area contributed by atoms with E-state index in [0.717, 1.165) is 6.08 Å². The van der Waals surface area contributed by atoms with Crippen molar-refractivity contribution in [3.63, 3.8) is 0 Å². The summed E-state index contributed by atoms with van der Waals surface area (Å²) in [5.41, 5.74) is 0. The van der Waals surface area contributed by atoms with E-state index < -0.39 is 7.82 Å². The molecule has 2 N–H and O–H groups in total. The van der Waals surface area contributed by atoms with Crippen molar-refractivity contribution in [2.24, 2.45) is 0 Å². The highest BCUT2D eigenvalue weighted by molar-refractivity contribution is 7.46. The minimum Gasteiger partial charge on any atom is -0.371 e. The van der Waals surface area contributed by atoms with E-state index in [1.54, 1.807) is 0 Å². The molecule has 0 rings (SSSR count). The lowest BCUT2D eigenvalue weighted by molar-refractivity contribution is -0.119. The molecular formula is C6H11O6P. The Morgan fingerprint density at radius 1 is 1.46 bits per heavy atom. The van der Waals surface area contributed by atoms with E-state index in [1.807, 2.05) is 0 Å². The van der Waals surface area contributed by atoms with Crippen LogP contribution in [0.25, 0.3) is 0 Å². The number of phosphoric acid groups is 1. The van der Waals surface area contributed by atoms with Crippen molar-refractivity contribution in [3.05, 3.63) is 12.7 Å². The Bertz CT molecular complexity index is 219. The van der Waals surface area contributed by atoms with Crippen molar-refractivity contribution in [2.45, 2.75) is 0 Å². The Morgan fingerprint density at radius 3 is 2.54 bits per heavy atom. The fourth-order valence-electron chi connectivity index (χ4n) is 0.447. The monoisotopic (exact) mass is 210 g/mol. The van der Waals surface area contributed by atoms with Crippen LogP contribution in [0.15, 0.2) is 12.7 Å². The van der Waals surface area contributed by atoms with Gasteiger partial charge in [0.05, 0.1) is 13.2 Å². The van der Waals surface area contributed by atoms with Gasteiger partial charge in [0.1, 0.15) is 6.61 Å². The van der Waals surface area contributed by atoms with Gasteiger partial charge < -0.3 is 14.5 Å². The maximum Gasteiger partial charge on any atom is 0.469 e. The lowest BCUT2D eigenvalue weighted by Crippen LogP contribution is -2.09. The normalized spacial score (nSPS) is 11.2. The van der Waals surface area contributed by atoms with Gasteiger partial charge in [0, 0.05) is 0 Å². The number of ether oxygens (including phenoxy) is 1. The predicted octanol–water partition coefficient (Wildman–Crippen LogP) is -0.133. The second kappa shape index (κ2) is 6.01. The van der Waals surface area contributed by atoms with Gasteiger partial charge in [0.25, 0.3) is 0 Å². The minimum atomic E-state index is -4.42. The number of phosphoric ester groups is 1. The zero-order valence-electron chi connectivity index (χ0n) is 6.88. The third-order valence-corrected chi connectivity index (χ3v) is 1.48. The Hall–Kier alpha value is -0.520. The quantitative estimate of drug-likeness (QED) is 0.345. The highest BCUT2D eigenvalue weighted by Crippen LogP contribution is 2.35. The van der Waals surface area contributed by atoms with Crippen molar-refractivity contribution in [1.29, 1.82) is 0 Å². The van der Waals surface area contributed by atoms with Crippen LogP contribution in [0.3, 0.4) is 0 Å². The first-order valence-electron chi connectivity index (χ1n) is 3.39. The molecular weight excluding hydrogens is 199 g/mol. The summed E-state index contributed by atoms with van der Waals surface area (Å²) in [4.78, 5) is 27.0. The number of carbonyl (C=O) groups excluding carboxylic acids is 1. The third kappa shape index (κ3) is 9.39. The highest BCUT2D eigenvalue weighted by atomic mass is 31.2. The number of hydrogen-bond acceptors (Lipinski definition) is 4. The largest absolute Gasteiger partial charge is 0.469 e. The van der Waals surface area contributed by atoms with Gasteiger partial charge in [-0.15, -0.1) is 0 Å². The lowest BCUT2D eigenvalue weighted by atomic mass is 10.4. The second-order valence-corrected chi connectivity index (χ2v) is 3.29. The second-order valence-electron chi connectivity index (χ2n) is 2.05. The summed E-state index contributed by atoms with van der Waals surface area (Å²) in [6.07, 6.45) is 1.10. The summed E-state index contributed by atoms with van der Waals surface area (Å²) in [5.74, 6) is -0.295. The van der Waals surface area contributed by atoms with Gasteiger partial charge in [-0.3, -0.25) is 9.32 Å². The highest BCUT2D eigenvalue weighted by Gasteiger charge is 2.12. The van der Waals surface area contributed by atoms with Crippen molar-refractivity contribution in [3.8, 4) is 0 Å². The van der Waals surface area contributed by atoms with Crippen LogP contribution in [-0.2, 0) is 18.6 Å². The molecule has 0 aromatic rings. The van der Waals surface area contributed by atoms with Gasteiger partial charge in [-0.25, -0.2) is 4.57 Å². The van der Waals surface area contributed by atoms with Crippen LogP contribution in [0.2, 0.25) is 0 Å². The van der Waals surface area contributed by atoms with Gasteiger partial charge in [-0.2, -0.15) is 0 Å². The SMILES string of the molecule is C=CC(=O)COCCOP(=O)(O)O. The molecule has 13 heavy (non-hydrogen) atoms. The molecule has 0 aliphatic carbocycles. The first kappa shape index (κ1) is 12.5. The van der Waals surface area contributed by atoms with Gasteiger partial charge in [-0.1, -0.05) is 6.58 Å². The Morgan fingerprint density at radius 2 is 2.08 bits per heavy atom. The van der Waals surface area contributed by atoms with Gasteiger partial charge >= 0.3 is 7.82 Å². The number of ketones is 1. The Kier molecular flexibility index (Phi) is 5.77. The molecule has 0 spiro atoms. The van der Waals surface area contributed by atoms with Gasteiger partial charge in [0.2, 0.25) is 0 Å². The molecule has 0 bridgehead atoms. The summed E-state index contributed by atoms with van der Waals surface area (Å²) in [6.45, 7) is 2.75. The molecule has 76 valence electrons. The van der Waals surface area contributed by atoms with Crippen LogP contribution in [0.5, 0.6) is 0 Å². The van der Waals surface area contributed by atoms with Crippen molar-refractivity contribution >= 4 is 13.6 Å². The molecule has 0 amide bonds. The molecule has 0 aromatic heterocycles. The molecule has 7 heteroatoms. The molecule has 0 saturated carbocycles. The van der Waals surface area contributed by atoms with Crippen LogP contribution < -0.4 is 0 Å². The van der Waals surface area contributed by atoms with E-state index in [0.29, 0.717) is 0 Å². The molecule has 0 saturated heterocycles. The molecule has 0 heterocycles. The van der Waals surface area contributed by atoms with E-state index in [9.17, 15) is 9.36 Å². The Balaban J connectivity index is 3.32. The van der Waals surface area contributed by atoms with E-state index in [-0.39, 0.29) is 25.6 Å². The topological polar surface area (TPSA) is 93.1 Å². The molecule has 0 aliphatic heterocycles. The van der Waals surface area contributed by atoms with Crippen LogP contribution >= 0.6 is 7.82 Å². The molecule has 0 fully saturated rings. The van der Waals surface area contributed by atoms with E-state index in [2.05, 4.69) is 11.1 Å². The summed E-state index contributed by atoms with van der Waals surface area (Å²) in [6, 6.07) is 0. The molecule has 0 unspecified atom stereocenters. The zero-order chi connectivity index (χ0) is 10.3. The summed E-state index contributed by atoms with van der Waals surface area (Å²) in [5, 5.41) is 0. The standard InChI is InChI=1S/C6H11O6P/c1-2-6(7)5-11-3-4-12-13(8,9)10/h2H,1,3-5H2,(H2,8,9,10). The Labute approximate surface area is 75.4 Å². The van der Waals surface area contributed by atoms with Crippen LogP contribution in [-0.4, -0.2) is 35.4 Å². The van der Waals surface area contributed by atoms with Crippen LogP contribution in [0.4, 0.5) is 0 Å². The van der Waals surface area contributed by atoms with Crippen LogP contribution in [0, 0.1) is 0 Å². The molecule has 0 atom stereocenters. The average molecular weight is 210 g/mol. The summed E-state index contributed by atoms with van der Waals surface area (Å²) in [7, 11) is -4.42. The number of rotatable bonds is 7. The minimum absolute atomic E-state index is 0.0509. The summed E-state index contributed by atoms with van der Waals surface area (Å²) < 4.78 is 18.9. The number of hydrogen-bond donors (Lipinski definition) is 2. The molecule has 0 aromatic carbocycles. The predicted molar refractivity (Wildman–Crippen MR) is 44.0 cm³/mol. The summed E-state index contributed by atoms with van der Waals surface area (Å²) >= 11 is 0. The number of carbonyl (C=O) groups is 1. The van der Waals surface area contributed by atoms with E-state index in [4.69, 9.17) is 14.5 Å². The third-order valence-electron chi connectivity index (χ3n) is 0.959. The van der Waals surface area contributed by atoms with E-state index >= 15 is 0 Å². The maximum atomic E-state index is 10.5. The smallest absolute Gasteiger partial charge is 0.371 e. The van der Waals surface area contributed by atoms with E-state index in [1.165, 1.54) is 0 Å². The average Bonchev–Trinajstić information content (AvgIpc) is 2.01. The van der Waals surface area contributed by atoms with Gasteiger partial charge in [-0.05, 0) is 6.08 Å². The molecule has 0 aliphatic rings. The first-order valence-corrected chi connectivity index (χ1v) is 4.92. The van der Waals surface area contributed by atoms with Crippen molar-refractivity contribution in [1.82, 2.24) is 0 Å². The molecule has 6 nitrogen and oxygen atoms in total.